The van der Waals surface area contributed by atoms with Gasteiger partial charge in [0.25, 0.3) is 5.91 Å². The average molecular weight is 732 g/mol. The van der Waals surface area contributed by atoms with E-state index in [1.165, 1.54) is 35.8 Å². The Morgan fingerprint density at radius 1 is 1.17 bits per heavy atom. The van der Waals surface area contributed by atoms with Crippen LogP contribution in [0.1, 0.15) is 77.1 Å². The Balaban J connectivity index is 1.37. The first kappa shape index (κ1) is 36.5. The van der Waals surface area contributed by atoms with E-state index in [1.807, 2.05) is 33.8 Å². The first-order chi connectivity index (χ1) is 24.4. The number of nitrogens with zero attached hydrogens (tertiary/aromatic N) is 7. The summed E-state index contributed by atoms with van der Waals surface area (Å²) in [4.78, 5) is 37.7. The maximum atomic E-state index is 14.9. The molecular weight excluding hydrogens is 693 g/mol. The van der Waals surface area contributed by atoms with E-state index < -0.39 is 65.7 Å². The number of nitrogens with one attached hydrogen (secondary N) is 1. The number of carbonyl (C=O) groups is 2. The number of allylic oxidation sites excluding steroid dienone is 3. The maximum Gasteiger partial charge on any atom is 0.573 e. The Hall–Kier alpha value is -5.29. The molecule has 1 saturated carbocycles. The first-order valence-electron chi connectivity index (χ1n) is 16.5. The van der Waals surface area contributed by atoms with Gasteiger partial charge in [-0.3, -0.25) is 9.69 Å². The highest BCUT2D eigenvalue weighted by atomic mass is 19.4. The summed E-state index contributed by atoms with van der Waals surface area (Å²) in [7, 11) is 0. The fraction of sp³-hybridized carbons (Fsp3) is 0.471. The molecule has 18 heteroatoms. The minimum absolute atomic E-state index is 0.154. The number of benzene rings is 1. The van der Waals surface area contributed by atoms with E-state index in [2.05, 4.69) is 25.2 Å². The van der Waals surface area contributed by atoms with Crippen LogP contribution < -0.4 is 15.8 Å². The van der Waals surface area contributed by atoms with E-state index >= 15 is 0 Å². The van der Waals surface area contributed by atoms with Gasteiger partial charge in [-0.25, -0.2) is 24.1 Å². The zero-order valence-corrected chi connectivity index (χ0v) is 28.8. The number of ether oxygens (including phenoxy) is 2. The highest BCUT2D eigenvalue weighted by Gasteiger charge is 2.55. The van der Waals surface area contributed by atoms with E-state index in [0.717, 1.165) is 29.9 Å². The molecule has 1 unspecified atom stereocenters. The van der Waals surface area contributed by atoms with Crippen molar-refractivity contribution >= 4 is 23.5 Å². The molecule has 0 radical (unpaired) electrons. The molecule has 13 nitrogen and oxygen atoms in total. The molecule has 3 atom stereocenters. The molecule has 0 spiro atoms. The van der Waals surface area contributed by atoms with Crippen LogP contribution in [-0.4, -0.2) is 71.5 Å². The Labute approximate surface area is 295 Å². The second-order valence-electron chi connectivity index (χ2n) is 14.6. The summed E-state index contributed by atoms with van der Waals surface area (Å²) in [6.45, 7) is 4.43. The Kier molecular flexibility index (Phi) is 9.38. The molecule has 1 aliphatic heterocycles. The van der Waals surface area contributed by atoms with E-state index in [0.29, 0.717) is 22.2 Å². The third-order valence-corrected chi connectivity index (χ3v) is 9.14. The van der Waals surface area contributed by atoms with E-state index in [-0.39, 0.29) is 23.6 Å². The highest BCUT2D eigenvalue weighted by molar-refractivity contribution is 6.07. The van der Waals surface area contributed by atoms with Gasteiger partial charge in [0.15, 0.2) is 17.2 Å². The number of aliphatic imine (C=N–C) groups is 1. The monoisotopic (exact) mass is 731 g/mol. The van der Waals surface area contributed by atoms with Crippen molar-refractivity contribution in [3.8, 4) is 11.4 Å². The minimum Gasteiger partial charge on any atom is -0.447 e. The summed E-state index contributed by atoms with van der Waals surface area (Å²) < 4.78 is 78.1. The quantitative estimate of drug-likeness (QED) is 0.226. The summed E-state index contributed by atoms with van der Waals surface area (Å²) in [6.07, 6.45) is 6.45. The van der Waals surface area contributed by atoms with Crippen LogP contribution in [0.5, 0.6) is 5.75 Å². The summed E-state index contributed by atoms with van der Waals surface area (Å²) in [5, 5.41) is 10.5. The van der Waals surface area contributed by atoms with Crippen LogP contribution in [0.2, 0.25) is 0 Å². The fourth-order valence-electron chi connectivity index (χ4n) is 6.53. The van der Waals surface area contributed by atoms with Gasteiger partial charge >= 0.3 is 19.0 Å². The van der Waals surface area contributed by atoms with Crippen LogP contribution in [0.25, 0.3) is 11.3 Å². The number of hydrogen-bond donors (Lipinski definition) is 2. The SMILES string of the molecule is CC(C)(C)C[C@]1(C2C=CC(c3cnn(C(F)F)c3)=CC2)N=C(N)N([C@H](COC(=O)NC2(C)CC2)c2ccc(OC(F)(F)F)c(-n3cncn3)c2)C1=O. The third kappa shape index (κ3) is 7.79. The van der Waals surface area contributed by atoms with Gasteiger partial charge in [-0.1, -0.05) is 45.1 Å². The number of alkyl halides is 5. The Morgan fingerprint density at radius 2 is 1.92 bits per heavy atom. The summed E-state index contributed by atoms with van der Waals surface area (Å²) in [5.74, 6) is -1.83. The number of hydrogen-bond acceptors (Lipinski definition) is 9. The largest absolute Gasteiger partial charge is 0.573 e. The van der Waals surface area contributed by atoms with Crippen molar-refractivity contribution in [3.05, 3.63) is 72.6 Å². The summed E-state index contributed by atoms with van der Waals surface area (Å²) in [5.41, 5.74) is 5.45. The summed E-state index contributed by atoms with van der Waals surface area (Å²) in [6, 6.07) is 2.55. The number of rotatable bonds is 11. The molecule has 2 amide bonds. The molecule has 3 aromatic rings. The van der Waals surface area contributed by atoms with Gasteiger partial charge in [0.05, 0.1) is 12.2 Å². The zero-order chi connectivity index (χ0) is 37.6. The number of nitrogens with two attached hydrogens (primary N) is 1. The van der Waals surface area contributed by atoms with Crippen LogP contribution in [0, 0.1) is 11.3 Å². The van der Waals surface area contributed by atoms with Crippen LogP contribution in [-0.2, 0) is 9.53 Å². The molecule has 0 bridgehead atoms. The van der Waals surface area contributed by atoms with Crippen molar-refractivity contribution in [1.82, 2.24) is 34.8 Å². The predicted molar refractivity (Wildman–Crippen MR) is 177 cm³/mol. The Morgan fingerprint density at radius 3 is 2.50 bits per heavy atom. The molecule has 2 aromatic heterocycles. The molecule has 3 N–H and O–H groups in total. The normalized spacial score (nSPS) is 21.9. The summed E-state index contributed by atoms with van der Waals surface area (Å²) >= 11 is 0. The van der Waals surface area contributed by atoms with Crippen LogP contribution >= 0.6 is 0 Å². The van der Waals surface area contributed by atoms with E-state index in [4.69, 9.17) is 15.5 Å². The molecule has 0 saturated heterocycles. The lowest BCUT2D eigenvalue weighted by Crippen LogP contribution is -2.51. The minimum atomic E-state index is -5.03. The molecule has 52 heavy (non-hydrogen) atoms. The smallest absolute Gasteiger partial charge is 0.447 e. The lowest BCUT2D eigenvalue weighted by Gasteiger charge is -2.38. The maximum absolute atomic E-state index is 14.9. The van der Waals surface area contributed by atoms with Crippen molar-refractivity contribution in [2.45, 2.75) is 83.4 Å². The average Bonchev–Trinajstić information content (AvgIpc) is 3.45. The van der Waals surface area contributed by atoms with Crippen molar-refractivity contribution < 1.29 is 41.0 Å². The first-order valence-corrected chi connectivity index (χ1v) is 16.5. The fourth-order valence-corrected chi connectivity index (χ4v) is 6.53. The molecule has 1 aromatic carbocycles. The molecule has 3 aliphatic rings. The number of carbonyl (C=O) groups excluding carboxylic acids is 2. The van der Waals surface area contributed by atoms with Crippen LogP contribution in [0.3, 0.4) is 0 Å². The second-order valence-corrected chi connectivity index (χ2v) is 14.6. The van der Waals surface area contributed by atoms with Crippen molar-refractivity contribution in [3.63, 3.8) is 0 Å². The van der Waals surface area contributed by atoms with Gasteiger partial charge in [0, 0.05) is 23.2 Å². The van der Waals surface area contributed by atoms with Gasteiger partial charge in [0.2, 0.25) is 0 Å². The zero-order valence-electron chi connectivity index (χ0n) is 28.8. The second kappa shape index (κ2) is 13.4. The van der Waals surface area contributed by atoms with Gasteiger partial charge in [-0.05, 0) is 61.3 Å². The lowest BCUT2D eigenvalue weighted by molar-refractivity contribution is -0.274. The number of aromatic nitrogens is 5. The topological polar surface area (TPSA) is 155 Å². The highest BCUT2D eigenvalue weighted by Crippen LogP contribution is 2.46. The van der Waals surface area contributed by atoms with Crippen molar-refractivity contribution in [1.29, 1.82) is 0 Å². The molecule has 3 heterocycles. The van der Waals surface area contributed by atoms with Gasteiger partial charge in [0.1, 0.15) is 24.9 Å². The lowest BCUT2D eigenvalue weighted by atomic mass is 9.70. The van der Waals surface area contributed by atoms with E-state index in [9.17, 15) is 31.5 Å². The predicted octanol–water partition coefficient (Wildman–Crippen LogP) is 6.07. The van der Waals surface area contributed by atoms with Crippen LogP contribution in [0.4, 0.5) is 26.7 Å². The molecular formula is C34H38F5N9O4. The van der Waals surface area contributed by atoms with Crippen LogP contribution in [0.15, 0.2) is 66.5 Å². The van der Waals surface area contributed by atoms with Gasteiger partial charge < -0.3 is 20.5 Å². The van der Waals surface area contributed by atoms with Gasteiger partial charge in [-0.2, -0.15) is 19.0 Å². The number of halogens is 5. The standard InChI is InChI=1S/C34H38F5N9O4/c1-31(2,3)17-33(23-8-5-20(6-9-23)22-14-42-46(15-22)28(35)36)27(49)48(29(40)44-33)25(16-51-30(50)45-32(4)11-12-32)21-7-10-26(52-34(37,38)39)24(13-21)47-19-41-18-43-47/h5-8,10,13-15,18-19,23,25,28H,9,11-12,16-17H2,1-4H3,(H2,40,44)(H,45,50)/t23?,25-,33-/m1/s1. The number of amides is 2. The number of alkyl carbamates (subject to hydrolysis) is 1. The molecule has 2 aliphatic carbocycles. The molecule has 6 rings (SSSR count). The van der Waals surface area contributed by atoms with Gasteiger partial charge in [-0.15, -0.1) is 13.2 Å². The van der Waals surface area contributed by atoms with Crippen molar-refractivity contribution in [2.24, 2.45) is 22.1 Å². The number of guanidine groups is 1. The Bertz CT molecular complexity index is 1910. The van der Waals surface area contributed by atoms with E-state index in [1.54, 1.807) is 12.2 Å². The molecule has 1 fully saturated rings. The molecule has 278 valence electrons. The van der Waals surface area contributed by atoms with Crippen molar-refractivity contribution in [2.75, 3.05) is 6.61 Å². The third-order valence-electron chi connectivity index (χ3n) is 9.14.